The highest BCUT2D eigenvalue weighted by molar-refractivity contribution is 5.93. The lowest BCUT2D eigenvalue weighted by Crippen LogP contribution is -2.05. The van der Waals surface area contributed by atoms with E-state index in [2.05, 4.69) is 54.1 Å². The number of rotatable bonds is 6. The average Bonchev–Trinajstić information content (AvgIpc) is 2.56. The van der Waals surface area contributed by atoms with Crippen LogP contribution in [-0.2, 0) is 12.8 Å². The van der Waals surface area contributed by atoms with Crippen LogP contribution in [0.15, 0.2) is 36.4 Å². The normalized spacial score (nSPS) is 11.1. The number of anilines is 2. The van der Waals surface area contributed by atoms with E-state index in [4.69, 9.17) is 11.5 Å². The topological polar surface area (TPSA) is 77.8 Å². The van der Waals surface area contributed by atoms with Crippen LogP contribution in [0.25, 0.3) is 10.9 Å². The molecule has 4 nitrogen and oxygen atoms in total. The molecule has 0 unspecified atom stereocenters. The fourth-order valence-electron chi connectivity index (χ4n) is 3.41. The van der Waals surface area contributed by atoms with Crippen LogP contribution in [0.3, 0.4) is 0 Å². The molecule has 0 aliphatic carbocycles. The number of hydrogen-bond acceptors (Lipinski definition) is 4. The van der Waals surface area contributed by atoms with Crippen LogP contribution < -0.4 is 11.5 Å². The predicted molar refractivity (Wildman–Crippen MR) is 106 cm³/mol. The molecule has 0 fully saturated rings. The highest BCUT2D eigenvalue weighted by Crippen LogP contribution is 2.29. The van der Waals surface area contributed by atoms with E-state index in [1.807, 2.05) is 6.07 Å². The van der Waals surface area contributed by atoms with Crippen LogP contribution in [0.1, 0.15) is 48.4 Å². The van der Waals surface area contributed by atoms with Crippen LogP contribution in [0.5, 0.6) is 0 Å². The summed E-state index contributed by atoms with van der Waals surface area (Å²) >= 11 is 0. The van der Waals surface area contributed by atoms with Gasteiger partial charge in [0, 0.05) is 5.39 Å². The summed E-state index contributed by atoms with van der Waals surface area (Å²) in [5.41, 5.74) is 18.0. The first kappa shape index (κ1) is 17.2. The molecule has 3 aromatic rings. The summed E-state index contributed by atoms with van der Waals surface area (Å²) in [6.45, 7) is 4.34. The number of fused-ring (bicyclic) bond motifs is 1. The lowest BCUT2D eigenvalue weighted by atomic mass is 9.92. The molecule has 0 bridgehead atoms. The number of nitrogen functional groups attached to an aromatic ring is 2. The van der Waals surface area contributed by atoms with E-state index in [9.17, 15) is 0 Å². The molecular weight excluding hydrogens is 308 g/mol. The SMILES string of the molecule is CCCCCc1ccc2nc(N)nc(N)c2c1Cc1cccc(C)c1. The Morgan fingerprint density at radius 3 is 2.60 bits per heavy atom. The largest absolute Gasteiger partial charge is 0.383 e. The maximum atomic E-state index is 6.23. The summed E-state index contributed by atoms with van der Waals surface area (Å²) in [6, 6.07) is 12.8. The molecule has 2 aromatic carbocycles. The van der Waals surface area contributed by atoms with Crippen LogP contribution in [0.2, 0.25) is 0 Å². The van der Waals surface area contributed by atoms with Gasteiger partial charge in [0.1, 0.15) is 5.82 Å². The molecule has 1 heterocycles. The van der Waals surface area contributed by atoms with E-state index >= 15 is 0 Å². The summed E-state index contributed by atoms with van der Waals surface area (Å²) in [7, 11) is 0. The second kappa shape index (κ2) is 7.51. The van der Waals surface area contributed by atoms with Gasteiger partial charge in [-0.15, -0.1) is 0 Å². The summed E-state index contributed by atoms with van der Waals surface area (Å²) in [4.78, 5) is 8.58. The monoisotopic (exact) mass is 334 g/mol. The van der Waals surface area contributed by atoms with E-state index in [-0.39, 0.29) is 5.95 Å². The van der Waals surface area contributed by atoms with Gasteiger partial charge in [0.25, 0.3) is 0 Å². The molecule has 0 saturated carbocycles. The average molecular weight is 334 g/mol. The van der Waals surface area contributed by atoms with Crippen LogP contribution in [0, 0.1) is 6.92 Å². The highest BCUT2D eigenvalue weighted by Gasteiger charge is 2.14. The van der Waals surface area contributed by atoms with Crippen molar-refractivity contribution in [2.75, 3.05) is 11.5 Å². The highest BCUT2D eigenvalue weighted by atomic mass is 15.0. The quantitative estimate of drug-likeness (QED) is 0.654. The third-order valence-electron chi connectivity index (χ3n) is 4.63. The number of hydrogen-bond donors (Lipinski definition) is 2. The van der Waals surface area contributed by atoms with Crippen molar-refractivity contribution in [1.29, 1.82) is 0 Å². The molecule has 0 radical (unpaired) electrons. The van der Waals surface area contributed by atoms with Crippen molar-refractivity contribution in [3.05, 3.63) is 58.7 Å². The Hall–Kier alpha value is -2.62. The molecule has 0 amide bonds. The second-order valence-electron chi connectivity index (χ2n) is 6.69. The summed E-state index contributed by atoms with van der Waals surface area (Å²) < 4.78 is 0. The Balaban J connectivity index is 2.11. The lowest BCUT2D eigenvalue weighted by molar-refractivity contribution is 0.715. The Morgan fingerprint density at radius 1 is 1.00 bits per heavy atom. The zero-order valence-electron chi connectivity index (χ0n) is 15.0. The third-order valence-corrected chi connectivity index (χ3v) is 4.63. The standard InChI is InChI=1S/C21H26N4/c1-3-4-5-9-16-10-11-18-19(20(22)25-21(23)24-18)17(16)13-15-8-6-7-14(2)12-15/h6-8,10-12H,3-5,9,13H2,1-2H3,(H4,22,23,24,25). The maximum absolute atomic E-state index is 6.23. The fraction of sp³-hybridized carbons (Fsp3) is 0.333. The van der Waals surface area contributed by atoms with Crippen molar-refractivity contribution < 1.29 is 0 Å². The Labute approximate surface area is 149 Å². The van der Waals surface area contributed by atoms with Crippen molar-refractivity contribution >= 4 is 22.7 Å². The van der Waals surface area contributed by atoms with Crippen molar-refractivity contribution in [2.24, 2.45) is 0 Å². The first-order valence-corrected chi connectivity index (χ1v) is 8.97. The first-order chi connectivity index (χ1) is 12.1. The smallest absolute Gasteiger partial charge is 0.222 e. The number of nitrogens with zero attached hydrogens (tertiary/aromatic N) is 2. The number of nitrogens with two attached hydrogens (primary N) is 2. The van der Waals surface area contributed by atoms with E-state index in [0.29, 0.717) is 5.82 Å². The number of aryl methyl sites for hydroxylation is 2. The van der Waals surface area contributed by atoms with Gasteiger partial charge in [-0.2, -0.15) is 4.98 Å². The molecule has 0 aliphatic rings. The van der Waals surface area contributed by atoms with Gasteiger partial charge in [0.05, 0.1) is 5.52 Å². The zero-order chi connectivity index (χ0) is 17.8. The third kappa shape index (κ3) is 3.90. The van der Waals surface area contributed by atoms with E-state index in [1.54, 1.807) is 0 Å². The molecule has 4 heteroatoms. The Bertz CT molecular complexity index is 886. The molecule has 25 heavy (non-hydrogen) atoms. The van der Waals surface area contributed by atoms with Gasteiger partial charge in [0.15, 0.2) is 0 Å². The van der Waals surface area contributed by atoms with E-state index < -0.39 is 0 Å². The summed E-state index contributed by atoms with van der Waals surface area (Å²) in [5, 5.41) is 0.949. The molecular formula is C21H26N4. The number of benzene rings is 2. The van der Waals surface area contributed by atoms with Gasteiger partial charge >= 0.3 is 0 Å². The zero-order valence-corrected chi connectivity index (χ0v) is 15.0. The molecule has 0 aliphatic heterocycles. The minimum absolute atomic E-state index is 0.227. The van der Waals surface area contributed by atoms with Crippen LogP contribution in [-0.4, -0.2) is 9.97 Å². The molecule has 1 aromatic heterocycles. The molecule has 3 rings (SSSR count). The molecule has 4 N–H and O–H groups in total. The van der Waals surface area contributed by atoms with Crippen molar-refractivity contribution in [3.8, 4) is 0 Å². The van der Waals surface area contributed by atoms with Crippen LogP contribution in [0.4, 0.5) is 11.8 Å². The number of unbranched alkanes of at least 4 members (excludes halogenated alkanes) is 2. The van der Waals surface area contributed by atoms with Gasteiger partial charge in [-0.1, -0.05) is 55.7 Å². The maximum Gasteiger partial charge on any atom is 0.222 e. The summed E-state index contributed by atoms with van der Waals surface area (Å²) in [6.07, 6.45) is 5.50. The van der Waals surface area contributed by atoms with E-state index in [0.717, 1.165) is 23.7 Å². The Kier molecular flexibility index (Phi) is 5.17. The predicted octanol–water partition coefficient (Wildman–Crippen LogP) is 4.43. The summed E-state index contributed by atoms with van der Waals surface area (Å²) in [5.74, 6) is 0.702. The molecule has 0 saturated heterocycles. The van der Waals surface area contributed by atoms with Gasteiger partial charge in [-0.05, 0) is 48.9 Å². The fourth-order valence-corrected chi connectivity index (χ4v) is 3.41. The minimum atomic E-state index is 0.227. The van der Waals surface area contributed by atoms with Gasteiger partial charge < -0.3 is 11.5 Å². The first-order valence-electron chi connectivity index (χ1n) is 8.97. The second-order valence-corrected chi connectivity index (χ2v) is 6.69. The van der Waals surface area contributed by atoms with E-state index in [1.165, 1.54) is 41.5 Å². The van der Waals surface area contributed by atoms with Gasteiger partial charge in [0.2, 0.25) is 5.95 Å². The number of aromatic nitrogens is 2. The van der Waals surface area contributed by atoms with Crippen LogP contribution >= 0.6 is 0 Å². The Morgan fingerprint density at radius 2 is 1.84 bits per heavy atom. The van der Waals surface area contributed by atoms with Crippen molar-refractivity contribution in [3.63, 3.8) is 0 Å². The van der Waals surface area contributed by atoms with Crippen molar-refractivity contribution in [1.82, 2.24) is 9.97 Å². The minimum Gasteiger partial charge on any atom is -0.383 e. The lowest BCUT2D eigenvalue weighted by Gasteiger charge is -2.15. The van der Waals surface area contributed by atoms with Gasteiger partial charge in [-0.25, -0.2) is 4.98 Å². The van der Waals surface area contributed by atoms with Crippen molar-refractivity contribution in [2.45, 2.75) is 46.0 Å². The molecule has 0 atom stereocenters. The molecule has 130 valence electrons. The molecule has 0 spiro atoms. The van der Waals surface area contributed by atoms with Gasteiger partial charge in [-0.3, -0.25) is 0 Å².